The summed E-state index contributed by atoms with van der Waals surface area (Å²) < 4.78 is 0. The molecule has 114 valence electrons. The molecule has 3 nitrogen and oxygen atoms in total. The molecule has 2 fully saturated rings. The molecule has 1 amide bonds. The van der Waals surface area contributed by atoms with Crippen molar-refractivity contribution in [3.8, 4) is 0 Å². The molecule has 1 aromatic carbocycles. The van der Waals surface area contributed by atoms with Gasteiger partial charge in [0.05, 0.1) is 13.0 Å². The Bertz CT molecular complexity index is 541. The van der Waals surface area contributed by atoms with Crippen LogP contribution in [0.2, 0.25) is 5.02 Å². The fourth-order valence-electron chi connectivity index (χ4n) is 4.22. The van der Waals surface area contributed by atoms with Crippen LogP contribution >= 0.6 is 11.6 Å². The number of fused-ring (bicyclic) bond motifs is 2. The quantitative estimate of drug-likeness (QED) is 0.929. The topological polar surface area (TPSA) is 40.5 Å². The van der Waals surface area contributed by atoms with E-state index in [0.29, 0.717) is 17.5 Å². The smallest absolute Gasteiger partial charge is 0.227 e. The van der Waals surface area contributed by atoms with Crippen molar-refractivity contribution in [2.45, 2.75) is 51.1 Å². The Hall–Kier alpha value is -1.06. The van der Waals surface area contributed by atoms with Crippen molar-refractivity contribution in [3.63, 3.8) is 0 Å². The minimum absolute atomic E-state index is 0.0843. The van der Waals surface area contributed by atoms with Gasteiger partial charge in [0.1, 0.15) is 0 Å². The largest absolute Gasteiger partial charge is 0.396 e. The van der Waals surface area contributed by atoms with E-state index >= 15 is 0 Å². The van der Waals surface area contributed by atoms with Crippen molar-refractivity contribution in [2.24, 2.45) is 5.41 Å². The Morgan fingerprint density at radius 2 is 2.19 bits per heavy atom. The van der Waals surface area contributed by atoms with Crippen molar-refractivity contribution in [3.05, 3.63) is 34.9 Å². The van der Waals surface area contributed by atoms with Crippen LogP contribution in [0.1, 0.15) is 38.2 Å². The van der Waals surface area contributed by atoms with Crippen LogP contribution in [0.15, 0.2) is 24.3 Å². The number of hydrogen-bond donors (Lipinski definition) is 1. The number of aliphatic hydroxyl groups is 1. The van der Waals surface area contributed by atoms with Crippen LogP contribution in [0.5, 0.6) is 0 Å². The molecule has 4 heteroatoms. The number of hydrogen-bond acceptors (Lipinski definition) is 2. The number of rotatable bonds is 4. The molecule has 1 N–H and O–H groups in total. The van der Waals surface area contributed by atoms with E-state index in [0.717, 1.165) is 31.2 Å². The summed E-state index contributed by atoms with van der Waals surface area (Å²) in [6.45, 7) is 2.30. The van der Waals surface area contributed by atoms with Crippen molar-refractivity contribution < 1.29 is 9.90 Å². The molecule has 0 radical (unpaired) electrons. The summed E-state index contributed by atoms with van der Waals surface area (Å²) in [5.74, 6) is 0.152. The highest BCUT2D eigenvalue weighted by atomic mass is 35.5. The summed E-state index contributed by atoms with van der Waals surface area (Å²) in [6.07, 6.45) is 4.32. The van der Waals surface area contributed by atoms with Gasteiger partial charge in [0.25, 0.3) is 0 Å². The van der Waals surface area contributed by atoms with Crippen molar-refractivity contribution >= 4 is 17.5 Å². The third-order valence-corrected chi connectivity index (χ3v) is 5.83. The fourth-order valence-corrected chi connectivity index (χ4v) is 4.43. The van der Waals surface area contributed by atoms with Crippen LogP contribution in [0, 0.1) is 5.41 Å². The first-order valence-corrected chi connectivity index (χ1v) is 8.14. The maximum absolute atomic E-state index is 12.7. The Morgan fingerprint density at radius 1 is 1.43 bits per heavy atom. The zero-order valence-corrected chi connectivity index (χ0v) is 13.1. The summed E-state index contributed by atoms with van der Waals surface area (Å²) >= 11 is 6.16. The second-order valence-corrected chi connectivity index (χ2v) is 6.80. The monoisotopic (exact) mass is 307 g/mol. The third-order valence-electron chi connectivity index (χ3n) is 5.46. The molecule has 0 aliphatic carbocycles. The van der Waals surface area contributed by atoms with Crippen LogP contribution in [0.3, 0.4) is 0 Å². The van der Waals surface area contributed by atoms with Gasteiger partial charge < -0.3 is 10.0 Å². The van der Waals surface area contributed by atoms with Crippen LogP contribution in [0.25, 0.3) is 0 Å². The molecule has 0 unspecified atom stereocenters. The zero-order chi connectivity index (χ0) is 15.0. The van der Waals surface area contributed by atoms with E-state index in [1.807, 2.05) is 29.2 Å². The highest BCUT2D eigenvalue weighted by molar-refractivity contribution is 6.31. The lowest BCUT2D eigenvalue weighted by Crippen LogP contribution is -2.42. The number of halogens is 1. The third kappa shape index (κ3) is 2.36. The maximum Gasteiger partial charge on any atom is 0.227 e. The predicted octanol–water partition coefficient (Wildman–Crippen LogP) is 3.03. The van der Waals surface area contributed by atoms with E-state index in [2.05, 4.69) is 6.92 Å². The standard InChI is InChI=1S/C17H22ClNO2/c1-2-17(11-20)10-13-7-8-15(17)19(13)16(21)9-12-5-3-4-6-14(12)18/h3-6,13,15,20H,2,7-11H2,1H3/t13-,15+,17-/m0/s1. The lowest BCUT2D eigenvalue weighted by Gasteiger charge is -2.34. The van der Waals surface area contributed by atoms with Crippen LogP contribution in [-0.2, 0) is 11.2 Å². The molecule has 2 heterocycles. The summed E-state index contributed by atoms with van der Waals surface area (Å²) in [4.78, 5) is 14.8. The van der Waals surface area contributed by atoms with Gasteiger partial charge in [-0.1, -0.05) is 36.7 Å². The fraction of sp³-hybridized carbons (Fsp3) is 0.588. The number of carbonyl (C=O) groups is 1. The number of amides is 1. The minimum atomic E-state index is -0.0843. The van der Waals surface area contributed by atoms with Crippen molar-refractivity contribution in [1.82, 2.24) is 4.90 Å². The molecule has 2 bridgehead atoms. The van der Waals surface area contributed by atoms with Crippen molar-refractivity contribution in [1.29, 1.82) is 0 Å². The molecule has 3 atom stereocenters. The van der Waals surface area contributed by atoms with Gasteiger partial charge in [0.2, 0.25) is 5.91 Å². The van der Waals surface area contributed by atoms with Gasteiger partial charge in [-0.25, -0.2) is 0 Å². The Kier molecular flexibility index (Phi) is 3.98. The summed E-state index contributed by atoms with van der Waals surface area (Å²) in [6, 6.07) is 8.04. The molecule has 0 aromatic heterocycles. The predicted molar refractivity (Wildman–Crippen MR) is 83.2 cm³/mol. The Balaban J connectivity index is 1.79. The zero-order valence-electron chi connectivity index (χ0n) is 12.4. The van der Waals surface area contributed by atoms with Crippen LogP contribution < -0.4 is 0 Å². The SMILES string of the molecule is CC[C@@]1(CO)C[C@@H]2CC[C@H]1N2C(=O)Cc1ccccc1Cl. The number of nitrogens with zero attached hydrogens (tertiary/aromatic N) is 1. The van der Waals surface area contributed by atoms with E-state index in [1.165, 1.54) is 0 Å². The van der Waals surface area contributed by atoms with Gasteiger partial charge >= 0.3 is 0 Å². The lowest BCUT2D eigenvalue weighted by atomic mass is 9.72. The second-order valence-electron chi connectivity index (χ2n) is 6.39. The van der Waals surface area contributed by atoms with E-state index in [9.17, 15) is 9.90 Å². The molecule has 2 aliphatic rings. The first kappa shape index (κ1) is 14.9. The average molecular weight is 308 g/mol. The lowest BCUT2D eigenvalue weighted by molar-refractivity contribution is -0.132. The summed E-state index contributed by atoms with van der Waals surface area (Å²) in [5.41, 5.74) is 0.806. The number of carbonyl (C=O) groups excluding carboxylic acids is 1. The van der Waals surface area contributed by atoms with Crippen LogP contribution in [-0.4, -0.2) is 34.6 Å². The van der Waals surface area contributed by atoms with Gasteiger partial charge in [0.15, 0.2) is 0 Å². The summed E-state index contributed by atoms with van der Waals surface area (Å²) in [5, 5.41) is 10.5. The molecular formula is C17H22ClNO2. The first-order valence-electron chi connectivity index (χ1n) is 7.76. The van der Waals surface area contributed by atoms with E-state index in [-0.39, 0.29) is 24.0 Å². The van der Waals surface area contributed by atoms with E-state index in [4.69, 9.17) is 11.6 Å². The van der Waals surface area contributed by atoms with E-state index in [1.54, 1.807) is 0 Å². The van der Waals surface area contributed by atoms with Gasteiger partial charge in [0, 0.05) is 22.5 Å². The van der Waals surface area contributed by atoms with Gasteiger partial charge in [-0.3, -0.25) is 4.79 Å². The van der Waals surface area contributed by atoms with Crippen LogP contribution in [0.4, 0.5) is 0 Å². The molecule has 2 aliphatic heterocycles. The highest BCUT2D eigenvalue weighted by Crippen LogP contribution is 2.51. The van der Waals surface area contributed by atoms with Gasteiger partial charge in [-0.05, 0) is 37.3 Å². The molecule has 1 aromatic rings. The minimum Gasteiger partial charge on any atom is -0.396 e. The maximum atomic E-state index is 12.7. The van der Waals surface area contributed by atoms with Crippen molar-refractivity contribution in [2.75, 3.05) is 6.61 Å². The molecule has 0 spiro atoms. The molecule has 0 saturated carbocycles. The first-order chi connectivity index (χ1) is 10.1. The molecule has 21 heavy (non-hydrogen) atoms. The van der Waals surface area contributed by atoms with E-state index < -0.39 is 0 Å². The Labute approximate surface area is 130 Å². The molecule has 3 rings (SSSR count). The number of benzene rings is 1. The molecular weight excluding hydrogens is 286 g/mol. The normalized spacial score (nSPS) is 30.9. The second kappa shape index (κ2) is 5.62. The Morgan fingerprint density at radius 3 is 2.81 bits per heavy atom. The van der Waals surface area contributed by atoms with Gasteiger partial charge in [-0.2, -0.15) is 0 Å². The van der Waals surface area contributed by atoms with Gasteiger partial charge in [-0.15, -0.1) is 0 Å². The molecule has 2 saturated heterocycles. The summed E-state index contributed by atoms with van der Waals surface area (Å²) in [7, 11) is 0. The average Bonchev–Trinajstić information content (AvgIpc) is 3.05. The highest BCUT2D eigenvalue weighted by Gasteiger charge is 2.55. The number of aliphatic hydroxyl groups excluding tert-OH is 1.